The summed E-state index contributed by atoms with van der Waals surface area (Å²) in [5.41, 5.74) is 10.6. The Morgan fingerprint density at radius 2 is 1.62 bits per heavy atom. The van der Waals surface area contributed by atoms with Crippen LogP contribution >= 0.6 is 11.6 Å². The van der Waals surface area contributed by atoms with Crippen molar-refractivity contribution in [3.8, 4) is 0 Å². The Hall–Kier alpha value is -3.75. The van der Waals surface area contributed by atoms with Crippen LogP contribution in [0.3, 0.4) is 0 Å². The molecule has 34 heavy (non-hydrogen) atoms. The number of halogens is 1. The van der Waals surface area contributed by atoms with E-state index in [1.807, 2.05) is 26.0 Å². The molecule has 0 aliphatic carbocycles. The van der Waals surface area contributed by atoms with Crippen LogP contribution in [-0.4, -0.2) is 29.3 Å². The first-order valence-corrected chi connectivity index (χ1v) is 12.3. The van der Waals surface area contributed by atoms with Crippen LogP contribution in [0.25, 0.3) is 22.2 Å². The predicted molar refractivity (Wildman–Crippen MR) is 135 cm³/mol. The molecule has 0 fully saturated rings. The molecule has 5 rings (SSSR count). The molecule has 0 unspecified atom stereocenters. The quantitative estimate of drug-likeness (QED) is 0.351. The van der Waals surface area contributed by atoms with E-state index in [9.17, 15) is 8.42 Å². The number of nitrogens with zero attached hydrogens (tertiary/aromatic N) is 4. The number of aromatic nitrogens is 3. The summed E-state index contributed by atoms with van der Waals surface area (Å²) >= 11 is 5.97. The summed E-state index contributed by atoms with van der Waals surface area (Å²) in [7, 11) is -4.01. The molecular formula is C25H20ClN5O2S. The number of hydrogen-bond donors (Lipinski definition) is 1. The number of para-hydroxylation sites is 2. The topological polar surface area (TPSA) is 103 Å². The molecule has 0 aliphatic heterocycles. The first-order chi connectivity index (χ1) is 16.3. The summed E-state index contributed by atoms with van der Waals surface area (Å²) in [5, 5.41) is 5.06. The molecule has 0 spiro atoms. The lowest BCUT2D eigenvalue weighted by Crippen LogP contribution is -2.07. The van der Waals surface area contributed by atoms with E-state index in [0.717, 1.165) is 16.7 Å². The Kier molecular flexibility index (Phi) is 5.34. The fraction of sp³-hybridized carbons (Fsp3) is 0.0800. The smallest absolute Gasteiger partial charge is 0.212 e. The zero-order valence-corrected chi connectivity index (χ0v) is 20.0. The highest BCUT2D eigenvalue weighted by Gasteiger charge is 2.30. The lowest BCUT2D eigenvalue weighted by Gasteiger charge is -2.07. The second kappa shape index (κ2) is 8.23. The van der Waals surface area contributed by atoms with Gasteiger partial charge in [0.05, 0.1) is 22.1 Å². The van der Waals surface area contributed by atoms with Gasteiger partial charge in [0.15, 0.2) is 5.65 Å². The van der Waals surface area contributed by atoms with Gasteiger partial charge in [-0.05, 0) is 66.9 Å². The molecule has 5 aromatic rings. The van der Waals surface area contributed by atoms with Crippen molar-refractivity contribution in [1.82, 2.24) is 14.6 Å². The molecule has 2 heterocycles. The summed E-state index contributed by atoms with van der Waals surface area (Å²) in [6, 6.07) is 19.3. The molecule has 3 aromatic carbocycles. The largest absolute Gasteiger partial charge is 0.382 e. The minimum atomic E-state index is -4.01. The Balaban J connectivity index is 1.79. The number of aryl methyl sites for hydroxylation is 2. The highest BCUT2D eigenvalue weighted by Crippen LogP contribution is 2.35. The normalized spacial score (nSPS) is 12.2. The van der Waals surface area contributed by atoms with Gasteiger partial charge in [-0.3, -0.25) is 0 Å². The highest BCUT2D eigenvalue weighted by molar-refractivity contribution is 7.92. The number of nitrogen functional groups attached to an aromatic ring is 1. The Morgan fingerprint density at radius 1 is 0.941 bits per heavy atom. The third-order valence-corrected chi connectivity index (χ3v) is 7.74. The van der Waals surface area contributed by atoms with Crippen molar-refractivity contribution in [2.24, 2.45) is 5.10 Å². The monoisotopic (exact) mass is 489 g/mol. The van der Waals surface area contributed by atoms with Crippen LogP contribution in [0.15, 0.2) is 81.6 Å². The van der Waals surface area contributed by atoms with Crippen LogP contribution in [0.1, 0.15) is 16.7 Å². The van der Waals surface area contributed by atoms with Crippen molar-refractivity contribution in [3.63, 3.8) is 0 Å². The van der Waals surface area contributed by atoms with Crippen molar-refractivity contribution in [1.29, 1.82) is 0 Å². The predicted octanol–water partition coefficient (Wildman–Crippen LogP) is 5.15. The molecule has 0 amide bonds. The standard InChI is InChI=1S/C25H20ClN5O2S/c1-15-7-12-19(13-16(15)2)34(32,33)23-22-25(30-21-6-4-3-5-20(21)29-22)31(24(23)27)28-14-17-8-10-18(26)11-9-17/h3-14H,27H2,1-2H3. The number of sulfone groups is 1. The molecule has 7 nitrogen and oxygen atoms in total. The molecule has 0 aliphatic rings. The van der Waals surface area contributed by atoms with E-state index in [1.54, 1.807) is 60.8 Å². The molecule has 2 N–H and O–H groups in total. The molecular weight excluding hydrogens is 470 g/mol. The Labute approximate surface area is 201 Å². The summed E-state index contributed by atoms with van der Waals surface area (Å²) in [6.07, 6.45) is 1.56. The number of fused-ring (bicyclic) bond motifs is 2. The molecule has 0 bridgehead atoms. The van der Waals surface area contributed by atoms with E-state index >= 15 is 0 Å². The number of rotatable bonds is 4. The fourth-order valence-corrected chi connectivity index (χ4v) is 5.37. The van der Waals surface area contributed by atoms with Gasteiger partial charge in [0.1, 0.15) is 16.2 Å². The van der Waals surface area contributed by atoms with Crippen molar-refractivity contribution in [2.75, 3.05) is 5.73 Å². The van der Waals surface area contributed by atoms with E-state index < -0.39 is 9.84 Å². The van der Waals surface area contributed by atoms with Crippen LogP contribution in [0.4, 0.5) is 5.82 Å². The van der Waals surface area contributed by atoms with Gasteiger partial charge in [0, 0.05) is 5.02 Å². The van der Waals surface area contributed by atoms with Crippen molar-refractivity contribution in [2.45, 2.75) is 23.6 Å². The molecule has 0 saturated heterocycles. The summed E-state index contributed by atoms with van der Waals surface area (Å²) < 4.78 is 28.8. The van der Waals surface area contributed by atoms with E-state index in [0.29, 0.717) is 16.1 Å². The van der Waals surface area contributed by atoms with Crippen LogP contribution in [0, 0.1) is 13.8 Å². The molecule has 0 atom stereocenters. The lowest BCUT2D eigenvalue weighted by atomic mass is 10.1. The summed E-state index contributed by atoms with van der Waals surface area (Å²) in [5.74, 6) is -0.0613. The van der Waals surface area contributed by atoms with Crippen LogP contribution in [0.5, 0.6) is 0 Å². The maximum Gasteiger partial charge on any atom is 0.212 e. The first kappa shape index (κ1) is 22.1. The maximum absolute atomic E-state index is 13.8. The van der Waals surface area contributed by atoms with E-state index in [4.69, 9.17) is 17.3 Å². The third-order valence-electron chi connectivity index (χ3n) is 5.68. The number of anilines is 1. The SMILES string of the molecule is Cc1ccc(S(=O)(=O)c2c(N)n(N=Cc3ccc(Cl)cc3)c3nc4ccccc4nc23)cc1C. The maximum atomic E-state index is 13.8. The zero-order valence-electron chi connectivity index (χ0n) is 18.4. The number of nitrogens with two attached hydrogens (primary N) is 1. The molecule has 0 saturated carbocycles. The number of hydrogen-bond acceptors (Lipinski definition) is 6. The first-order valence-electron chi connectivity index (χ1n) is 10.4. The summed E-state index contributed by atoms with van der Waals surface area (Å²) in [4.78, 5) is 9.29. The van der Waals surface area contributed by atoms with Gasteiger partial charge >= 0.3 is 0 Å². The van der Waals surface area contributed by atoms with E-state index in [2.05, 4.69) is 15.1 Å². The van der Waals surface area contributed by atoms with E-state index in [-0.39, 0.29) is 26.8 Å². The summed E-state index contributed by atoms with van der Waals surface area (Å²) in [6.45, 7) is 3.79. The average Bonchev–Trinajstić information content (AvgIpc) is 3.09. The lowest BCUT2D eigenvalue weighted by molar-refractivity contribution is 0.597. The van der Waals surface area contributed by atoms with Crippen LogP contribution in [-0.2, 0) is 9.84 Å². The number of benzene rings is 3. The van der Waals surface area contributed by atoms with Gasteiger partial charge in [0.2, 0.25) is 9.84 Å². The van der Waals surface area contributed by atoms with Gasteiger partial charge in [0.25, 0.3) is 0 Å². The fourth-order valence-electron chi connectivity index (χ4n) is 3.68. The van der Waals surface area contributed by atoms with Gasteiger partial charge < -0.3 is 5.73 Å². The molecule has 170 valence electrons. The van der Waals surface area contributed by atoms with Crippen molar-refractivity contribution >= 4 is 55.7 Å². The van der Waals surface area contributed by atoms with Gasteiger partial charge in [-0.2, -0.15) is 9.78 Å². The van der Waals surface area contributed by atoms with Crippen molar-refractivity contribution < 1.29 is 8.42 Å². The second-order valence-corrected chi connectivity index (χ2v) is 10.3. The molecule has 9 heteroatoms. The van der Waals surface area contributed by atoms with Gasteiger partial charge in [-0.1, -0.05) is 41.9 Å². The highest BCUT2D eigenvalue weighted by atomic mass is 35.5. The average molecular weight is 490 g/mol. The molecule has 2 aromatic heterocycles. The molecule has 0 radical (unpaired) electrons. The second-order valence-electron chi connectivity index (χ2n) is 7.96. The van der Waals surface area contributed by atoms with E-state index in [1.165, 1.54) is 4.68 Å². The zero-order chi connectivity index (χ0) is 24.0. The van der Waals surface area contributed by atoms with Gasteiger partial charge in [-0.15, -0.1) is 0 Å². The van der Waals surface area contributed by atoms with Gasteiger partial charge in [-0.25, -0.2) is 18.4 Å². The van der Waals surface area contributed by atoms with Crippen LogP contribution < -0.4 is 5.73 Å². The Bertz CT molecular complexity index is 1710. The third kappa shape index (κ3) is 3.70. The van der Waals surface area contributed by atoms with Crippen molar-refractivity contribution in [3.05, 3.63) is 88.4 Å². The Morgan fingerprint density at radius 3 is 2.29 bits per heavy atom. The van der Waals surface area contributed by atoms with Crippen LogP contribution in [0.2, 0.25) is 5.02 Å². The minimum Gasteiger partial charge on any atom is -0.382 e. The minimum absolute atomic E-state index is 0.0613.